The maximum absolute atomic E-state index is 11.7. The number of ether oxygens (including phenoxy) is 1. The smallest absolute Gasteiger partial charge is 0.354 e. The highest BCUT2D eigenvalue weighted by molar-refractivity contribution is 9.10. The van der Waals surface area contributed by atoms with Gasteiger partial charge in [-0.2, -0.15) is 0 Å². The minimum absolute atomic E-state index is 0.213. The minimum Gasteiger partial charge on any atom is -0.461 e. The van der Waals surface area contributed by atoms with Crippen LogP contribution in [0.3, 0.4) is 0 Å². The number of rotatable bonds is 4. The van der Waals surface area contributed by atoms with Gasteiger partial charge in [-0.05, 0) is 41.3 Å². The van der Waals surface area contributed by atoms with E-state index >= 15 is 0 Å². The van der Waals surface area contributed by atoms with Crippen LogP contribution in [0.4, 0.5) is 0 Å². The number of nitrogens with zero attached hydrogens (tertiary/aromatic N) is 1. The van der Waals surface area contributed by atoms with Crippen molar-refractivity contribution in [3.63, 3.8) is 0 Å². The van der Waals surface area contributed by atoms with Crippen molar-refractivity contribution in [3.05, 3.63) is 22.4 Å². The number of hydrogen-bond donors (Lipinski definition) is 0. The Bertz CT molecular complexity index is 369. The molecule has 1 aromatic heterocycles. The van der Waals surface area contributed by atoms with E-state index in [2.05, 4.69) is 15.9 Å². The first-order valence-corrected chi connectivity index (χ1v) is 6.06. The second-order valence-electron chi connectivity index (χ2n) is 3.82. The van der Waals surface area contributed by atoms with Crippen LogP contribution in [0.15, 0.2) is 16.7 Å². The van der Waals surface area contributed by atoms with Gasteiger partial charge in [-0.25, -0.2) is 4.79 Å². The molecule has 1 aliphatic carbocycles. The van der Waals surface area contributed by atoms with Crippen LogP contribution >= 0.6 is 15.9 Å². The van der Waals surface area contributed by atoms with Crippen molar-refractivity contribution in [2.45, 2.75) is 32.2 Å². The maximum atomic E-state index is 11.7. The molecule has 4 heteroatoms. The van der Waals surface area contributed by atoms with Gasteiger partial charge in [-0.3, -0.25) is 0 Å². The summed E-state index contributed by atoms with van der Waals surface area (Å²) in [6.07, 6.45) is 5.14. The topological polar surface area (TPSA) is 31.2 Å². The van der Waals surface area contributed by atoms with Crippen molar-refractivity contribution < 1.29 is 9.53 Å². The summed E-state index contributed by atoms with van der Waals surface area (Å²) in [6.45, 7) is 2.48. The van der Waals surface area contributed by atoms with E-state index in [0.717, 1.165) is 23.7 Å². The molecule has 82 valence electrons. The highest BCUT2D eigenvalue weighted by Crippen LogP contribution is 2.37. The lowest BCUT2D eigenvalue weighted by Gasteiger charge is -2.06. The molecule has 0 aromatic carbocycles. The van der Waals surface area contributed by atoms with E-state index in [9.17, 15) is 4.79 Å². The van der Waals surface area contributed by atoms with Gasteiger partial charge in [0.15, 0.2) is 0 Å². The Kier molecular flexibility index (Phi) is 3.14. The molecule has 2 rings (SSSR count). The fourth-order valence-corrected chi connectivity index (χ4v) is 1.97. The normalized spacial score (nSPS) is 15.3. The first-order chi connectivity index (χ1) is 7.22. The van der Waals surface area contributed by atoms with E-state index in [1.807, 2.05) is 23.8 Å². The fourth-order valence-electron chi connectivity index (χ4n) is 1.53. The lowest BCUT2D eigenvalue weighted by atomic mass is 10.4. The summed E-state index contributed by atoms with van der Waals surface area (Å²) in [7, 11) is 0. The summed E-state index contributed by atoms with van der Waals surface area (Å²) in [5, 5.41) is 0. The van der Waals surface area contributed by atoms with Crippen molar-refractivity contribution in [3.8, 4) is 0 Å². The van der Waals surface area contributed by atoms with Gasteiger partial charge >= 0.3 is 5.97 Å². The number of carbonyl (C=O) groups excluding carboxylic acids is 1. The van der Waals surface area contributed by atoms with Crippen molar-refractivity contribution in [1.82, 2.24) is 4.57 Å². The molecule has 0 saturated heterocycles. The molecule has 0 amide bonds. The molecular weight excluding hydrogens is 258 g/mol. The Balaban J connectivity index is 2.14. The Hall–Kier alpha value is -0.770. The van der Waals surface area contributed by atoms with Crippen molar-refractivity contribution in [1.29, 1.82) is 0 Å². The Morgan fingerprint density at radius 1 is 1.67 bits per heavy atom. The van der Waals surface area contributed by atoms with Crippen LogP contribution in [0.5, 0.6) is 0 Å². The third-order valence-corrected chi connectivity index (χ3v) is 2.84. The number of aromatic nitrogens is 1. The largest absolute Gasteiger partial charge is 0.461 e. The second-order valence-corrected chi connectivity index (χ2v) is 4.73. The average Bonchev–Trinajstić information content (AvgIpc) is 2.98. The molecule has 1 aromatic rings. The van der Waals surface area contributed by atoms with Crippen molar-refractivity contribution >= 4 is 21.9 Å². The summed E-state index contributed by atoms with van der Waals surface area (Å²) in [6, 6.07) is 2.33. The number of esters is 1. The summed E-state index contributed by atoms with van der Waals surface area (Å²) in [5.74, 6) is -0.213. The minimum atomic E-state index is -0.213. The molecule has 0 atom stereocenters. The zero-order valence-electron chi connectivity index (χ0n) is 8.70. The van der Waals surface area contributed by atoms with Crippen LogP contribution in [0.1, 0.15) is 42.7 Å². The molecule has 0 N–H and O–H groups in total. The molecule has 0 aliphatic heterocycles. The summed E-state index contributed by atoms with van der Waals surface area (Å²) in [4.78, 5) is 11.7. The Morgan fingerprint density at radius 2 is 2.40 bits per heavy atom. The molecule has 0 radical (unpaired) electrons. The molecule has 0 spiro atoms. The highest BCUT2D eigenvalue weighted by atomic mass is 79.9. The van der Waals surface area contributed by atoms with Gasteiger partial charge in [0.25, 0.3) is 0 Å². The third-order valence-electron chi connectivity index (χ3n) is 2.40. The van der Waals surface area contributed by atoms with Gasteiger partial charge in [-0.1, -0.05) is 6.92 Å². The maximum Gasteiger partial charge on any atom is 0.354 e. The van der Waals surface area contributed by atoms with Crippen LogP contribution in [-0.4, -0.2) is 17.1 Å². The van der Waals surface area contributed by atoms with Gasteiger partial charge in [0.2, 0.25) is 0 Å². The van der Waals surface area contributed by atoms with Crippen LogP contribution < -0.4 is 0 Å². The average molecular weight is 272 g/mol. The summed E-state index contributed by atoms with van der Waals surface area (Å²) >= 11 is 3.39. The first-order valence-electron chi connectivity index (χ1n) is 5.27. The molecular formula is C11H14BrNO2. The molecule has 0 unspecified atom stereocenters. The van der Waals surface area contributed by atoms with Gasteiger partial charge in [0.1, 0.15) is 5.69 Å². The molecule has 1 aliphatic rings. The second kappa shape index (κ2) is 4.39. The monoisotopic (exact) mass is 271 g/mol. The van der Waals surface area contributed by atoms with Gasteiger partial charge < -0.3 is 9.30 Å². The van der Waals surface area contributed by atoms with E-state index in [-0.39, 0.29) is 5.97 Å². The quantitative estimate of drug-likeness (QED) is 0.788. The fraction of sp³-hybridized carbons (Fsp3) is 0.545. The number of halogens is 1. The lowest BCUT2D eigenvalue weighted by molar-refractivity contribution is 0.0492. The summed E-state index contributed by atoms with van der Waals surface area (Å²) < 4.78 is 8.09. The summed E-state index contributed by atoms with van der Waals surface area (Å²) in [5.41, 5.74) is 0.665. The van der Waals surface area contributed by atoms with Crippen LogP contribution in [0, 0.1) is 0 Å². The van der Waals surface area contributed by atoms with Crippen molar-refractivity contribution in [2.75, 3.05) is 6.61 Å². The van der Waals surface area contributed by atoms with Crippen LogP contribution in [0.2, 0.25) is 0 Å². The zero-order chi connectivity index (χ0) is 10.8. The SMILES string of the molecule is CCCOC(=O)c1cc(Br)cn1C1CC1. The molecule has 3 nitrogen and oxygen atoms in total. The Labute approximate surface area is 97.5 Å². The molecule has 15 heavy (non-hydrogen) atoms. The van der Waals surface area contributed by atoms with E-state index in [1.165, 1.54) is 0 Å². The third kappa shape index (κ3) is 2.43. The van der Waals surface area contributed by atoms with Gasteiger partial charge in [-0.15, -0.1) is 0 Å². The molecule has 1 heterocycles. The first kappa shape index (κ1) is 10.7. The number of carbonyl (C=O) groups is 1. The van der Waals surface area contributed by atoms with Gasteiger partial charge in [0.05, 0.1) is 6.61 Å². The van der Waals surface area contributed by atoms with Crippen LogP contribution in [0.25, 0.3) is 0 Å². The zero-order valence-corrected chi connectivity index (χ0v) is 10.3. The van der Waals surface area contributed by atoms with Crippen molar-refractivity contribution in [2.24, 2.45) is 0 Å². The predicted octanol–water partition coefficient (Wildman–Crippen LogP) is 3.15. The Morgan fingerprint density at radius 3 is 3.00 bits per heavy atom. The van der Waals surface area contributed by atoms with Gasteiger partial charge in [0, 0.05) is 16.7 Å². The highest BCUT2D eigenvalue weighted by Gasteiger charge is 2.28. The lowest BCUT2D eigenvalue weighted by Crippen LogP contribution is -2.11. The number of hydrogen-bond acceptors (Lipinski definition) is 2. The van der Waals surface area contributed by atoms with E-state index in [4.69, 9.17) is 4.74 Å². The predicted molar refractivity (Wildman–Crippen MR) is 61.0 cm³/mol. The van der Waals surface area contributed by atoms with E-state index in [1.54, 1.807) is 0 Å². The molecule has 1 saturated carbocycles. The standard InChI is InChI=1S/C11H14BrNO2/c1-2-5-15-11(14)10-6-8(12)7-13(10)9-3-4-9/h6-7,9H,2-5H2,1H3. The van der Waals surface area contributed by atoms with E-state index < -0.39 is 0 Å². The van der Waals surface area contributed by atoms with Crippen LogP contribution in [-0.2, 0) is 4.74 Å². The van der Waals surface area contributed by atoms with E-state index in [0.29, 0.717) is 18.3 Å². The molecule has 0 bridgehead atoms. The molecule has 1 fully saturated rings.